The van der Waals surface area contributed by atoms with Gasteiger partial charge in [0.05, 0.1) is 5.69 Å². The third kappa shape index (κ3) is 4.06. The third-order valence-electron chi connectivity index (χ3n) is 5.77. The molecular weight excluding hydrogens is 312 g/mol. The highest BCUT2D eigenvalue weighted by Crippen LogP contribution is 2.27. The van der Waals surface area contributed by atoms with Crippen LogP contribution in [0.5, 0.6) is 0 Å². The van der Waals surface area contributed by atoms with Crippen molar-refractivity contribution in [2.45, 2.75) is 57.5 Å². The van der Waals surface area contributed by atoms with E-state index >= 15 is 0 Å². The highest BCUT2D eigenvalue weighted by molar-refractivity contribution is 5.54. The van der Waals surface area contributed by atoms with Crippen LogP contribution in [0.4, 0.5) is 11.8 Å². The molecule has 1 atom stereocenters. The van der Waals surface area contributed by atoms with Gasteiger partial charge in [-0.2, -0.15) is 4.98 Å². The summed E-state index contributed by atoms with van der Waals surface area (Å²) in [7, 11) is 2.20. The number of piperidine rings is 1. The van der Waals surface area contributed by atoms with Crippen molar-refractivity contribution >= 4 is 11.8 Å². The first-order valence-corrected chi connectivity index (χ1v) is 10.1. The van der Waals surface area contributed by atoms with Gasteiger partial charge in [0.1, 0.15) is 5.82 Å². The number of likely N-dealkylation sites (N-methyl/N-ethyl adjacent to an activating group) is 1. The van der Waals surface area contributed by atoms with Crippen LogP contribution in [0.15, 0.2) is 0 Å². The van der Waals surface area contributed by atoms with Crippen LogP contribution in [0.2, 0.25) is 0 Å². The Hall–Kier alpha value is -1.40. The van der Waals surface area contributed by atoms with Gasteiger partial charge >= 0.3 is 0 Å². The van der Waals surface area contributed by atoms with Gasteiger partial charge in [-0.1, -0.05) is 12.8 Å². The smallest absolute Gasteiger partial charge is 0.225 e. The molecule has 1 aromatic rings. The SMILES string of the molecule is CN1CCCC(Nc2nc3c(c(N4CCCCCC4)n2)CNCC3)C1. The largest absolute Gasteiger partial charge is 0.356 e. The maximum Gasteiger partial charge on any atom is 0.225 e. The van der Waals surface area contributed by atoms with Gasteiger partial charge in [-0.25, -0.2) is 4.98 Å². The van der Waals surface area contributed by atoms with Crippen LogP contribution in [-0.2, 0) is 13.0 Å². The van der Waals surface area contributed by atoms with Crippen LogP contribution >= 0.6 is 0 Å². The summed E-state index contributed by atoms with van der Waals surface area (Å²) in [5.41, 5.74) is 2.58. The second-order valence-corrected chi connectivity index (χ2v) is 7.87. The average Bonchev–Trinajstić information content (AvgIpc) is 2.90. The van der Waals surface area contributed by atoms with Crippen molar-refractivity contribution in [3.05, 3.63) is 11.3 Å². The topological polar surface area (TPSA) is 56.3 Å². The fourth-order valence-corrected chi connectivity index (χ4v) is 4.40. The van der Waals surface area contributed by atoms with E-state index in [1.165, 1.54) is 62.1 Å². The minimum absolute atomic E-state index is 0.468. The number of rotatable bonds is 3. The van der Waals surface area contributed by atoms with Crippen molar-refractivity contribution in [3.63, 3.8) is 0 Å². The van der Waals surface area contributed by atoms with E-state index in [9.17, 15) is 0 Å². The van der Waals surface area contributed by atoms with Crippen LogP contribution in [0.3, 0.4) is 0 Å². The van der Waals surface area contributed by atoms with Crippen LogP contribution in [0.25, 0.3) is 0 Å². The van der Waals surface area contributed by atoms with Crippen molar-refractivity contribution in [1.29, 1.82) is 0 Å². The number of aromatic nitrogens is 2. The van der Waals surface area contributed by atoms with Gasteiger partial charge in [0.2, 0.25) is 5.95 Å². The fourth-order valence-electron chi connectivity index (χ4n) is 4.40. The molecular formula is C19H32N6. The van der Waals surface area contributed by atoms with E-state index in [4.69, 9.17) is 9.97 Å². The van der Waals surface area contributed by atoms with Crippen molar-refractivity contribution in [2.75, 3.05) is 50.0 Å². The highest BCUT2D eigenvalue weighted by atomic mass is 15.3. The summed E-state index contributed by atoms with van der Waals surface area (Å²) in [6.07, 6.45) is 8.74. The maximum absolute atomic E-state index is 5.02. The van der Waals surface area contributed by atoms with E-state index < -0.39 is 0 Å². The minimum Gasteiger partial charge on any atom is -0.356 e. The first kappa shape index (κ1) is 17.0. The monoisotopic (exact) mass is 344 g/mol. The molecule has 3 aliphatic heterocycles. The molecule has 0 radical (unpaired) electrons. The van der Waals surface area contributed by atoms with E-state index in [-0.39, 0.29) is 0 Å². The van der Waals surface area contributed by atoms with Crippen molar-refractivity contribution < 1.29 is 0 Å². The predicted molar refractivity (Wildman–Crippen MR) is 102 cm³/mol. The standard InChI is InChI=1S/C19H32N6/c1-24-10-6-7-15(14-24)21-19-22-17-8-9-20-13-16(17)18(23-19)25-11-4-2-3-5-12-25/h15,20H,2-14H2,1H3,(H,21,22,23). The van der Waals surface area contributed by atoms with Gasteiger partial charge in [0.15, 0.2) is 0 Å². The first-order chi connectivity index (χ1) is 12.3. The second-order valence-electron chi connectivity index (χ2n) is 7.87. The summed E-state index contributed by atoms with van der Waals surface area (Å²) in [6, 6.07) is 0.468. The molecule has 0 amide bonds. The zero-order valence-electron chi connectivity index (χ0n) is 15.6. The molecule has 2 N–H and O–H groups in total. The molecule has 138 valence electrons. The van der Waals surface area contributed by atoms with E-state index in [0.717, 1.165) is 45.1 Å². The second kappa shape index (κ2) is 7.87. The number of likely N-dealkylation sites (tertiary alicyclic amines) is 1. The van der Waals surface area contributed by atoms with E-state index in [1.807, 2.05) is 0 Å². The number of fused-ring (bicyclic) bond motifs is 1. The molecule has 0 bridgehead atoms. The van der Waals surface area contributed by atoms with Crippen LogP contribution in [0, 0.1) is 0 Å². The van der Waals surface area contributed by atoms with Crippen molar-refractivity contribution in [3.8, 4) is 0 Å². The molecule has 4 heterocycles. The first-order valence-electron chi connectivity index (χ1n) is 10.1. The normalized spacial score (nSPS) is 25.3. The fraction of sp³-hybridized carbons (Fsp3) is 0.789. The lowest BCUT2D eigenvalue weighted by atomic mass is 10.1. The molecule has 1 aromatic heterocycles. The lowest BCUT2D eigenvalue weighted by molar-refractivity contribution is 0.260. The highest BCUT2D eigenvalue weighted by Gasteiger charge is 2.24. The Morgan fingerprint density at radius 1 is 1.04 bits per heavy atom. The molecule has 6 heteroatoms. The van der Waals surface area contributed by atoms with E-state index in [2.05, 4.69) is 27.5 Å². The van der Waals surface area contributed by atoms with Crippen molar-refractivity contribution in [1.82, 2.24) is 20.2 Å². The summed E-state index contributed by atoms with van der Waals surface area (Å²) in [5.74, 6) is 2.03. The van der Waals surface area contributed by atoms with Crippen molar-refractivity contribution in [2.24, 2.45) is 0 Å². The Morgan fingerprint density at radius 3 is 2.68 bits per heavy atom. The molecule has 2 fully saturated rings. The maximum atomic E-state index is 5.02. The minimum atomic E-state index is 0.468. The third-order valence-corrected chi connectivity index (χ3v) is 5.77. The molecule has 4 rings (SSSR count). The molecule has 2 saturated heterocycles. The Kier molecular flexibility index (Phi) is 5.36. The molecule has 0 aliphatic carbocycles. The quantitative estimate of drug-likeness (QED) is 0.875. The van der Waals surface area contributed by atoms with Gasteiger partial charge in [-0.15, -0.1) is 0 Å². The van der Waals surface area contributed by atoms with Gasteiger partial charge in [-0.05, 0) is 39.3 Å². The van der Waals surface area contributed by atoms with E-state index in [1.54, 1.807) is 0 Å². The van der Waals surface area contributed by atoms with Gasteiger partial charge in [0, 0.05) is 50.7 Å². The predicted octanol–water partition coefficient (Wildman–Crippen LogP) is 2.01. The Bertz CT molecular complexity index is 582. The molecule has 25 heavy (non-hydrogen) atoms. The van der Waals surface area contributed by atoms with E-state index in [0.29, 0.717) is 6.04 Å². The molecule has 0 aromatic carbocycles. The zero-order chi connectivity index (χ0) is 17.1. The summed E-state index contributed by atoms with van der Waals surface area (Å²) in [6.45, 7) is 6.49. The zero-order valence-corrected chi connectivity index (χ0v) is 15.6. The number of hydrogen-bond acceptors (Lipinski definition) is 6. The summed E-state index contributed by atoms with van der Waals surface area (Å²) in [4.78, 5) is 14.8. The van der Waals surface area contributed by atoms with Crippen LogP contribution in [0.1, 0.15) is 49.8 Å². The molecule has 3 aliphatic rings. The number of hydrogen-bond donors (Lipinski definition) is 2. The Balaban J connectivity index is 1.60. The lowest BCUT2D eigenvalue weighted by Crippen LogP contribution is -2.40. The summed E-state index contributed by atoms with van der Waals surface area (Å²) < 4.78 is 0. The lowest BCUT2D eigenvalue weighted by Gasteiger charge is -2.32. The summed E-state index contributed by atoms with van der Waals surface area (Å²) >= 11 is 0. The summed E-state index contributed by atoms with van der Waals surface area (Å²) in [5, 5.41) is 7.15. The number of nitrogens with one attached hydrogen (secondary N) is 2. The number of anilines is 2. The molecule has 0 saturated carbocycles. The molecule has 6 nitrogen and oxygen atoms in total. The Labute approximate surface area is 151 Å². The molecule has 0 spiro atoms. The Morgan fingerprint density at radius 2 is 1.88 bits per heavy atom. The number of nitrogens with zero attached hydrogens (tertiary/aromatic N) is 4. The average molecular weight is 345 g/mol. The van der Waals surface area contributed by atoms with Gasteiger partial charge < -0.3 is 20.4 Å². The van der Waals surface area contributed by atoms with Crippen LogP contribution in [-0.4, -0.2) is 60.7 Å². The van der Waals surface area contributed by atoms with Gasteiger partial charge in [-0.3, -0.25) is 0 Å². The molecule has 1 unspecified atom stereocenters. The van der Waals surface area contributed by atoms with Crippen LogP contribution < -0.4 is 15.5 Å². The van der Waals surface area contributed by atoms with Gasteiger partial charge in [0.25, 0.3) is 0 Å².